The van der Waals surface area contributed by atoms with Crippen molar-refractivity contribution in [2.24, 2.45) is 5.92 Å². The summed E-state index contributed by atoms with van der Waals surface area (Å²) in [5.74, 6) is 1.23. The first-order valence-electron chi connectivity index (χ1n) is 6.86. The molecule has 1 aromatic heterocycles. The van der Waals surface area contributed by atoms with E-state index in [0.717, 1.165) is 11.6 Å². The van der Waals surface area contributed by atoms with E-state index in [1.54, 1.807) is 11.3 Å². The minimum atomic E-state index is 0.199. The summed E-state index contributed by atoms with van der Waals surface area (Å²) in [4.78, 5) is 7.18. The van der Waals surface area contributed by atoms with Gasteiger partial charge in [0.05, 0.1) is 17.3 Å². The average molecular weight is 268 g/mol. The highest BCUT2D eigenvalue weighted by Crippen LogP contribution is 2.32. The maximum Gasteiger partial charge on any atom is 0.0984 e. The van der Waals surface area contributed by atoms with E-state index in [1.165, 1.54) is 25.1 Å². The van der Waals surface area contributed by atoms with Crippen LogP contribution in [0.25, 0.3) is 0 Å². The monoisotopic (exact) mass is 268 g/mol. The summed E-state index contributed by atoms with van der Waals surface area (Å²) in [6.07, 6.45) is 2.51. The Labute approximate surface area is 114 Å². The molecule has 2 rings (SSSR count). The molecule has 4 heteroatoms. The third-order valence-electron chi connectivity index (χ3n) is 3.90. The van der Waals surface area contributed by atoms with Gasteiger partial charge in [0.2, 0.25) is 0 Å². The lowest BCUT2D eigenvalue weighted by Gasteiger charge is -2.28. The number of piperidine rings is 1. The fourth-order valence-electron chi connectivity index (χ4n) is 2.64. The number of hydrogen-bond donors (Lipinski definition) is 1. The number of thiazole rings is 1. The van der Waals surface area contributed by atoms with Crippen molar-refractivity contribution in [3.63, 3.8) is 0 Å². The van der Waals surface area contributed by atoms with Crippen LogP contribution in [0.15, 0.2) is 5.38 Å². The second-order valence-electron chi connectivity index (χ2n) is 5.75. The van der Waals surface area contributed by atoms with Gasteiger partial charge in [0.15, 0.2) is 0 Å². The van der Waals surface area contributed by atoms with Crippen LogP contribution < -0.4 is 0 Å². The van der Waals surface area contributed by atoms with Crippen LogP contribution in [0, 0.1) is 5.92 Å². The molecular weight excluding hydrogens is 244 g/mol. The van der Waals surface area contributed by atoms with E-state index >= 15 is 0 Å². The summed E-state index contributed by atoms with van der Waals surface area (Å²) in [5, 5.41) is 12.8. The van der Waals surface area contributed by atoms with Crippen LogP contribution in [0.2, 0.25) is 0 Å². The number of aliphatic hydroxyl groups is 1. The second-order valence-corrected chi connectivity index (χ2v) is 6.63. The Morgan fingerprint density at radius 2 is 2.33 bits per heavy atom. The number of aliphatic hydroxyl groups excluding tert-OH is 1. The SMILES string of the molecule is CC(C)C(CO)c1nc(C2CCCN(C)C2)cs1. The lowest BCUT2D eigenvalue weighted by molar-refractivity contribution is 0.235. The zero-order chi connectivity index (χ0) is 13.1. The Bertz CT molecular complexity index is 378. The Kier molecular flexibility index (Phi) is 4.76. The van der Waals surface area contributed by atoms with Crippen molar-refractivity contribution in [1.29, 1.82) is 0 Å². The van der Waals surface area contributed by atoms with E-state index in [9.17, 15) is 5.11 Å². The molecule has 3 nitrogen and oxygen atoms in total. The van der Waals surface area contributed by atoms with Crippen molar-refractivity contribution < 1.29 is 5.11 Å². The van der Waals surface area contributed by atoms with Gasteiger partial charge >= 0.3 is 0 Å². The highest BCUT2D eigenvalue weighted by atomic mass is 32.1. The molecule has 1 aliphatic heterocycles. The predicted octanol–water partition coefficient (Wildman–Crippen LogP) is 2.68. The van der Waals surface area contributed by atoms with Gasteiger partial charge in [-0.3, -0.25) is 0 Å². The zero-order valence-electron chi connectivity index (χ0n) is 11.6. The second kappa shape index (κ2) is 6.13. The molecule has 1 aliphatic rings. The molecule has 2 atom stereocenters. The van der Waals surface area contributed by atoms with Crippen LogP contribution in [-0.2, 0) is 0 Å². The van der Waals surface area contributed by atoms with Gasteiger partial charge in [-0.25, -0.2) is 4.98 Å². The minimum absolute atomic E-state index is 0.199. The third kappa shape index (κ3) is 3.11. The maximum atomic E-state index is 9.47. The van der Waals surface area contributed by atoms with Crippen molar-refractivity contribution in [3.05, 3.63) is 16.1 Å². The van der Waals surface area contributed by atoms with Crippen molar-refractivity contribution in [3.8, 4) is 0 Å². The molecule has 18 heavy (non-hydrogen) atoms. The highest BCUT2D eigenvalue weighted by Gasteiger charge is 2.24. The summed E-state index contributed by atoms with van der Waals surface area (Å²) in [5.41, 5.74) is 1.24. The summed E-state index contributed by atoms with van der Waals surface area (Å²) < 4.78 is 0. The molecule has 0 aromatic carbocycles. The normalized spacial score (nSPS) is 23.5. The van der Waals surface area contributed by atoms with Crippen molar-refractivity contribution in [1.82, 2.24) is 9.88 Å². The number of likely N-dealkylation sites (tertiary alicyclic amines) is 1. The quantitative estimate of drug-likeness (QED) is 0.912. The summed E-state index contributed by atoms with van der Waals surface area (Å²) in [7, 11) is 2.18. The predicted molar refractivity (Wildman–Crippen MR) is 76.3 cm³/mol. The van der Waals surface area contributed by atoms with Gasteiger partial charge in [0.25, 0.3) is 0 Å². The largest absolute Gasteiger partial charge is 0.396 e. The van der Waals surface area contributed by atoms with E-state index in [4.69, 9.17) is 4.98 Å². The summed E-state index contributed by atoms with van der Waals surface area (Å²) >= 11 is 1.72. The van der Waals surface area contributed by atoms with Crippen LogP contribution in [0.1, 0.15) is 49.2 Å². The standard InChI is InChI=1S/C14H24N2OS/c1-10(2)12(8-17)14-15-13(9-18-14)11-5-4-6-16(3)7-11/h9-12,17H,4-8H2,1-3H3. The van der Waals surface area contributed by atoms with Crippen LogP contribution >= 0.6 is 11.3 Å². The Morgan fingerprint density at radius 3 is 2.94 bits per heavy atom. The summed E-state index contributed by atoms with van der Waals surface area (Å²) in [6.45, 7) is 6.83. The van der Waals surface area contributed by atoms with Gasteiger partial charge in [-0.2, -0.15) is 0 Å². The molecule has 1 saturated heterocycles. The molecule has 0 spiro atoms. The molecule has 2 unspecified atom stereocenters. The summed E-state index contributed by atoms with van der Waals surface area (Å²) in [6, 6.07) is 0. The average Bonchev–Trinajstić information content (AvgIpc) is 2.79. The molecule has 0 aliphatic carbocycles. The molecule has 2 heterocycles. The van der Waals surface area contributed by atoms with Crippen molar-refractivity contribution in [2.75, 3.05) is 26.7 Å². The fourth-order valence-corrected chi connectivity index (χ4v) is 3.81. The molecule has 0 radical (unpaired) electrons. The van der Waals surface area contributed by atoms with E-state index in [1.807, 2.05) is 0 Å². The van der Waals surface area contributed by atoms with E-state index in [-0.39, 0.29) is 12.5 Å². The first kappa shape index (κ1) is 14.0. The van der Waals surface area contributed by atoms with E-state index in [0.29, 0.717) is 11.8 Å². The highest BCUT2D eigenvalue weighted by molar-refractivity contribution is 7.09. The van der Waals surface area contributed by atoms with E-state index < -0.39 is 0 Å². The topological polar surface area (TPSA) is 36.4 Å². The molecule has 1 N–H and O–H groups in total. The first-order valence-corrected chi connectivity index (χ1v) is 7.74. The van der Waals surface area contributed by atoms with Gasteiger partial charge in [0.1, 0.15) is 0 Å². The molecule has 0 bridgehead atoms. The first-order chi connectivity index (χ1) is 8.61. The maximum absolute atomic E-state index is 9.47. The van der Waals surface area contributed by atoms with Crippen LogP contribution in [-0.4, -0.2) is 41.7 Å². The van der Waals surface area contributed by atoms with E-state index in [2.05, 4.69) is 31.2 Å². The van der Waals surface area contributed by atoms with Gasteiger partial charge < -0.3 is 10.0 Å². The van der Waals surface area contributed by atoms with Crippen LogP contribution in [0.5, 0.6) is 0 Å². The Hall–Kier alpha value is -0.450. The molecule has 102 valence electrons. The van der Waals surface area contributed by atoms with Crippen molar-refractivity contribution >= 4 is 11.3 Å². The zero-order valence-corrected chi connectivity index (χ0v) is 12.4. The Balaban J connectivity index is 2.09. The number of aromatic nitrogens is 1. The number of nitrogens with zero attached hydrogens (tertiary/aromatic N) is 2. The van der Waals surface area contributed by atoms with Gasteiger partial charge in [-0.1, -0.05) is 13.8 Å². The third-order valence-corrected chi connectivity index (χ3v) is 4.90. The lowest BCUT2D eigenvalue weighted by Crippen LogP contribution is -2.31. The number of likely N-dealkylation sites (N-methyl/N-ethyl adjacent to an activating group) is 1. The minimum Gasteiger partial charge on any atom is -0.396 e. The van der Waals surface area contributed by atoms with Crippen molar-refractivity contribution in [2.45, 2.75) is 38.5 Å². The van der Waals surface area contributed by atoms with Gasteiger partial charge in [-0.15, -0.1) is 11.3 Å². The molecule has 1 aromatic rings. The smallest absolute Gasteiger partial charge is 0.0984 e. The lowest BCUT2D eigenvalue weighted by atomic mass is 9.95. The van der Waals surface area contributed by atoms with Gasteiger partial charge in [0, 0.05) is 23.8 Å². The molecule has 0 amide bonds. The van der Waals surface area contributed by atoms with Gasteiger partial charge in [-0.05, 0) is 32.4 Å². The number of hydrogen-bond acceptors (Lipinski definition) is 4. The number of rotatable bonds is 4. The Morgan fingerprint density at radius 1 is 1.56 bits per heavy atom. The molecular formula is C14H24N2OS. The fraction of sp³-hybridized carbons (Fsp3) is 0.786. The van der Waals surface area contributed by atoms with Crippen LogP contribution in [0.3, 0.4) is 0 Å². The van der Waals surface area contributed by atoms with Crippen LogP contribution in [0.4, 0.5) is 0 Å². The molecule has 1 fully saturated rings. The molecule has 0 saturated carbocycles.